The maximum atomic E-state index is 12.0. The van der Waals surface area contributed by atoms with Gasteiger partial charge in [-0.15, -0.1) is 12.6 Å². The smallest absolute Gasteiger partial charge is 0.252 e. The number of hydrogen-bond acceptors (Lipinski definition) is 3. The zero-order valence-electron chi connectivity index (χ0n) is 14.4. The number of carbonyl (C=O) groups is 2. The first-order valence-corrected chi connectivity index (χ1v) is 9.23. The lowest BCUT2D eigenvalue weighted by atomic mass is 10.0. The van der Waals surface area contributed by atoms with E-state index in [0.29, 0.717) is 35.6 Å². The number of hydrogen-bond donors (Lipinski definition) is 2. The van der Waals surface area contributed by atoms with Crippen molar-refractivity contribution in [3.05, 3.63) is 65.7 Å². The van der Waals surface area contributed by atoms with Crippen LogP contribution in [0.3, 0.4) is 0 Å². The van der Waals surface area contributed by atoms with Crippen LogP contribution >= 0.6 is 12.6 Å². The summed E-state index contributed by atoms with van der Waals surface area (Å²) in [5.41, 5.74) is 1.69. The summed E-state index contributed by atoms with van der Waals surface area (Å²) in [5.74, 6) is 0.216. The Bertz CT molecular complexity index is 685. The summed E-state index contributed by atoms with van der Waals surface area (Å²) in [5, 5.41) is 2.92. The summed E-state index contributed by atoms with van der Waals surface area (Å²) < 4.78 is 0. The Morgan fingerprint density at radius 2 is 1.52 bits per heavy atom. The summed E-state index contributed by atoms with van der Waals surface area (Å²) in [7, 11) is 0. The maximum Gasteiger partial charge on any atom is 0.252 e. The van der Waals surface area contributed by atoms with E-state index in [4.69, 9.17) is 0 Å². The molecule has 0 spiro atoms. The Hall–Kier alpha value is -2.07. The van der Waals surface area contributed by atoms with Crippen LogP contribution in [0.2, 0.25) is 0 Å². The number of nitrogens with one attached hydrogen (secondary N) is 1. The van der Waals surface area contributed by atoms with E-state index >= 15 is 0 Å². The van der Waals surface area contributed by atoms with Gasteiger partial charge < -0.3 is 5.32 Å². The third kappa shape index (κ3) is 7.14. The van der Waals surface area contributed by atoms with E-state index in [-0.39, 0.29) is 5.91 Å². The molecule has 0 saturated carbocycles. The standard InChI is InChI=1S/C21H25NO2S/c23-18(16-17-10-4-3-5-11-17)12-6-1-2-9-15-22-21(24)19-13-7-8-14-20(19)25/h3-5,7-8,10-11,13-14,25H,1-2,6,9,12,15-16H2,(H,22,24). The molecule has 4 heteroatoms. The molecule has 0 aliphatic rings. The Balaban J connectivity index is 1.53. The van der Waals surface area contributed by atoms with Crippen LogP contribution < -0.4 is 5.32 Å². The van der Waals surface area contributed by atoms with Gasteiger partial charge in [-0.3, -0.25) is 9.59 Å². The highest BCUT2D eigenvalue weighted by Crippen LogP contribution is 2.12. The number of ketones is 1. The molecule has 1 amide bonds. The Morgan fingerprint density at radius 3 is 2.28 bits per heavy atom. The predicted molar refractivity (Wildman–Crippen MR) is 104 cm³/mol. The molecule has 0 atom stereocenters. The molecule has 0 unspecified atom stereocenters. The van der Waals surface area contributed by atoms with Crippen LogP contribution in [0, 0.1) is 0 Å². The minimum Gasteiger partial charge on any atom is -0.352 e. The van der Waals surface area contributed by atoms with Crippen LogP contribution in [0.25, 0.3) is 0 Å². The molecule has 0 radical (unpaired) electrons. The Labute approximate surface area is 155 Å². The molecule has 2 aromatic rings. The van der Waals surface area contributed by atoms with Crippen molar-refractivity contribution in [1.29, 1.82) is 0 Å². The first kappa shape index (κ1) is 19.3. The second kappa shape index (κ2) is 10.7. The second-order valence-electron chi connectivity index (χ2n) is 6.14. The van der Waals surface area contributed by atoms with Crippen LogP contribution in [0.1, 0.15) is 48.0 Å². The molecule has 0 saturated heterocycles. The van der Waals surface area contributed by atoms with Gasteiger partial charge in [0.1, 0.15) is 5.78 Å². The lowest BCUT2D eigenvalue weighted by Crippen LogP contribution is -2.24. The molecule has 0 heterocycles. The molecule has 0 bridgehead atoms. The predicted octanol–water partition coefficient (Wildman–Crippen LogP) is 4.47. The van der Waals surface area contributed by atoms with Crippen molar-refractivity contribution >= 4 is 24.3 Å². The molecule has 0 aromatic heterocycles. The van der Waals surface area contributed by atoms with Crippen molar-refractivity contribution < 1.29 is 9.59 Å². The van der Waals surface area contributed by atoms with Crippen LogP contribution in [0.15, 0.2) is 59.5 Å². The van der Waals surface area contributed by atoms with Gasteiger partial charge in [0.2, 0.25) is 0 Å². The van der Waals surface area contributed by atoms with E-state index in [1.807, 2.05) is 48.5 Å². The maximum absolute atomic E-state index is 12.0. The molecule has 2 rings (SSSR count). The van der Waals surface area contributed by atoms with E-state index in [2.05, 4.69) is 17.9 Å². The number of benzene rings is 2. The third-order valence-corrected chi connectivity index (χ3v) is 4.45. The molecule has 0 aliphatic heterocycles. The SMILES string of the molecule is O=C(CCCCCCNC(=O)c1ccccc1S)Cc1ccccc1. The van der Waals surface area contributed by atoms with E-state index in [9.17, 15) is 9.59 Å². The van der Waals surface area contributed by atoms with E-state index in [0.717, 1.165) is 31.2 Å². The first-order valence-electron chi connectivity index (χ1n) is 8.78. The topological polar surface area (TPSA) is 46.2 Å². The van der Waals surface area contributed by atoms with Crippen molar-refractivity contribution in [2.24, 2.45) is 0 Å². The van der Waals surface area contributed by atoms with Crippen LogP contribution in [0.5, 0.6) is 0 Å². The quantitative estimate of drug-likeness (QED) is 0.488. The Kier molecular flexibility index (Phi) is 8.26. The van der Waals surface area contributed by atoms with E-state index < -0.39 is 0 Å². The van der Waals surface area contributed by atoms with Gasteiger partial charge in [0.05, 0.1) is 5.56 Å². The average Bonchev–Trinajstić information content (AvgIpc) is 2.62. The molecule has 3 nitrogen and oxygen atoms in total. The van der Waals surface area contributed by atoms with Gasteiger partial charge in [0, 0.05) is 24.3 Å². The van der Waals surface area contributed by atoms with Crippen molar-refractivity contribution in [2.45, 2.75) is 43.4 Å². The first-order chi connectivity index (χ1) is 12.2. The molecule has 25 heavy (non-hydrogen) atoms. The largest absolute Gasteiger partial charge is 0.352 e. The van der Waals surface area contributed by atoms with E-state index in [1.54, 1.807) is 6.07 Å². The molecule has 132 valence electrons. The zero-order chi connectivity index (χ0) is 17.9. The summed E-state index contributed by atoms with van der Waals surface area (Å²) in [6.45, 7) is 0.652. The summed E-state index contributed by atoms with van der Waals surface area (Å²) in [4.78, 5) is 24.6. The molecule has 0 fully saturated rings. The minimum absolute atomic E-state index is 0.0800. The molecule has 2 aromatic carbocycles. The van der Waals surface area contributed by atoms with Gasteiger partial charge in [-0.25, -0.2) is 0 Å². The average molecular weight is 356 g/mol. The normalized spacial score (nSPS) is 10.4. The number of rotatable bonds is 10. The molecular weight excluding hydrogens is 330 g/mol. The highest BCUT2D eigenvalue weighted by molar-refractivity contribution is 7.80. The number of thiol groups is 1. The fraction of sp³-hybridized carbons (Fsp3) is 0.333. The van der Waals surface area contributed by atoms with Gasteiger partial charge in [-0.05, 0) is 30.5 Å². The van der Waals surface area contributed by atoms with Crippen LogP contribution in [0.4, 0.5) is 0 Å². The number of amides is 1. The van der Waals surface area contributed by atoms with Crippen molar-refractivity contribution in [2.75, 3.05) is 6.54 Å². The molecular formula is C21H25NO2S. The number of unbranched alkanes of at least 4 members (excludes halogenated alkanes) is 3. The van der Waals surface area contributed by atoms with Crippen LogP contribution in [-0.4, -0.2) is 18.2 Å². The van der Waals surface area contributed by atoms with Crippen molar-refractivity contribution in [3.8, 4) is 0 Å². The Morgan fingerprint density at radius 1 is 0.840 bits per heavy atom. The summed E-state index contributed by atoms with van der Waals surface area (Å²) in [6.07, 6.45) is 5.03. The molecule has 1 N–H and O–H groups in total. The zero-order valence-corrected chi connectivity index (χ0v) is 15.3. The minimum atomic E-state index is -0.0800. The number of carbonyl (C=O) groups excluding carboxylic acids is 2. The number of Topliss-reactive ketones (excluding diaryl/α,β-unsaturated/α-hetero) is 1. The summed E-state index contributed by atoms with van der Waals surface area (Å²) in [6, 6.07) is 17.1. The highest BCUT2D eigenvalue weighted by Gasteiger charge is 2.07. The monoisotopic (exact) mass is 355 g/mol. The van der Waals surface area contributed by atoms with Crippen molar-refractivity contribution in [1.82, 2.24) is 5.32 Å². The van der Waals surface area contributed by atoms with Crippen LogP contribution in [-0.2, 0) is 11.2 Å². The highest BCUT2D eigenvalue weighted by atomic mass is 32.1. The van der Waals surface area contributed by atoms with Gasteiger partial charge >= 0.3 is 0 Å². The van der Waals surface area contributed by atoms with Gasteiger partial charge in [-0.2, -0.15) is 0 Å². The van der Waals surface area contributed by atoms with Gasteiger partial charge in [-0.1, -0.05) is 55.3 Å². The summed E-state index contributed by atoms with van der Waals surface area (Å²) >= 11 is 4.29. The van der Waals surface area contributed by atoms with Gasteiger partial charge in [0.15, 0.2) is 0 Å². The van der Waals surface area contributed by atoms with Crippen molar-refractivity contribution in [3.63, 3.8) is 0 Å². The lowest BCUT2D eigenvalue weighted by Gasteiger charge is -2.07. The molecule has 0 aliphatic carbocycles. The third-order valence-electron chi connectivity index (χ3n) is 4.06. The van der Waals surface area contributed by atoms with E-state index in [1.165, 1.54) is 0 Å². The fourth-order valence-corrected chi connectivity index (χ4v) is 2.94. The fourth-order valence-electron chi connectivity index (χ4n) is 2.68. The lowest BCUT2D eigenvalue weighted by molar-refractivity contribution is -0.118. The van der Waals surface area contributed by atoms with Gasteiger partial charge in [0.25, 0.3) is 5.91 Å². The second-order valence-corrected chi connectivity index (χ2v) is 6.62.